The van der Waals surface area contributed by atoms with Crippen LogP contribution < -0.4 is 0 Å². The molecule has 4 nitrogen and oxygen atoms in total. The van der Waals surface area contributed by atoms with E-state index in [2.05, 4.69) is 83.7 Å². The second-order valence-electron chi connectivity index (χ2n) is 8.20. The number of para-hydroxylation sites is 2. The van der Waals surface area contributed by atoms with Gasteiger partial charge in [-0.2, -0.15) is 0 Å². The molecule has 0 spiro atoms. The van der Waals surface area contributed by atoms with Crippen LogP contribution in [-0.2, 0) is 14.1 Å². The summed E-state index contributed by atoms with van der Waals surface area (Å²) in [6, 6.07) is 35.1. The molecular weight excluding hydrogens is 404 g/mol. The third kappa shape index (κ3) is 4.03. The average molecular weight is 431 g/mol. The molecular formula is C29H26N4. The predicted molar refractivity (Wildman–Crippen MR) is 137 cm³/mol. The van der Waals surface area contributed by atoms with Gasteiger partial charge in [0.15, 0.2) is 0 Å². The highest BCUT2D eigenvalue weighted by molar-refractivity contribution is 5.81. The highest BCUT2D eigenvalue weighted by Crippen LogP contribution is 2.24. The van der Waals surface area contributed by atoms with Crippen molar-refractivity contribution >= 4 is 22.1 Å². The van der Waals surface area contributed by atoms with Crippen molar-refractivity contribution in [3.63, 3.8) is 0 Å². The quantitative estimate of drug-likeness (QED) is 0.303. The number of imidazole rings is 2. The lowest BCUT2D eigenvalue weighted by atomic mass is 10.2. The van der Waals surface area contributed by atoms with Gasteiger partial charge in [0.2, 0.25) is 0 Å². The lowest BCUT2D eigenvalue weighted by molar-refractivity contribution is 0.959. The van der Waals surface area contributed by atoms with E-state index in [9.17, 15) is 0 Å². The third-order valence-electron chi connectivity index (χ3n) is 5.89. The fraction of sp³-hybridized carbons (Fsp3) is 0.103. The summed E-state index contributed by atoms with van der Waals surface area (Å²) in [6.07, 6.45) is 0. The Bertz CT molecular complexity index is 1530. The van der Waals surface area contributed by atoms with Crippen LogP contribution in [0, 0.1) is 6.92 Å². The van der Waals surface area contributed by atoms with Gasteiger partial charge in [-0.15, -0.1) is 0 Å². The van der Waals surface area contributed by atoms with Gasteiger partial charge in [-0.25, -0.2) is 9.97 Å². The lowest BCUT2D eigenvalue weighted by Gasteiger charge is -2.01. The van der Waals surface area contributed by atoms with Crippen molar-refractivity contribution in [1.29, 1.82) is 0 Å². The van der Waals surface area contributed by atoms with Crippen LogP contribution in [0.2, 0.25) is 0 Å². The normalized spacial score (nSPS) is 10.9. The van der Waals surface area contributed by atoms with E-state index in [1.54, 1.807) is 0 Å². The second-order valence-corrected chi connectivity index (χ2v) is 8.20. The SMILES string of the molecule is Cc1ccc2c(c1)nc(-c1ccccc1)n2C.Cn1c(-c2ccccc2)nc2ccccc21. The molecule has 0 radical (unpaired) electrons. The molecule has 0 aliphatic heterocycles. The number of hydrogen-bond donors (Lipinski definition) is 0. The minimum atomic E-state index is 1.02. The number of benzene rings is 4. The smallest absolute Gasteiger partial charge is 0.140 e. The summed E-state index contributed by atoms with van der Waals surface area (Å²) in [7, 11) is 4.12. The Morgan fingerprint density at radius 1 is 0.515 bits per heavy atom. The van der Waals surface area contributed by atoms with Crippen molar-refractivity contribution in [3.05, 3.63) is 109 Å². The monoisotopic (exact) mass is 430 g/mol. The summed E-state index contributed by atoms with van der Waals surface area (Å²) in [6.45, 7) is 2.09. The Kier molecular flexibility index (Phi) is 5.49. The van der Waals surface area contributed by atoms with Gasteiger partial charge < -0.3 is 9.13 Å². The molecule has 4 aromatic carbocycles. The van der Waals surface area contributed by atoms with E-state index in [-0.39, 0.29) is 0 Å². The summed E-state index contributed by atoms with van der Waals surface area (Å²) in [4.78, 5) is 9.35. The second kappa shape index (κ2) is 8.75. The molecule has 162 valence electrons. The zero-order chi connectivity index (χ0) is 22.8. The molecule has 0 bridgehead atoms. The Hall–Kier alpha value is -4.18. The van der Waals surface area contributed by atoms with Gasteiger partial charge in [-0.05, 0) is 36.8 Å². The van der Waals surface area contributed by atoms with Crippen molar-refractivity contribution in [2.45, 2.75) is 6.92 Å². The fourth-order valence-electron chi connectivity index (χ4n) is 4.15. The Balaban J connectivity index is 0.000000139. The minimum absolute atomic E-state index is 1.02. The maximum absolute atomic E-state index is 4.71. The largest absolute Gasteiger partial charge is 0.327 e. The Morgan fingerprint density at radius 3 is 1.58 bits per heavy atom. The van der Waals surface area contributed by atoms with Gasteiger partial charge in [0.25, 0.3) is 0 Å². The third-order valence-corrected chi connectivity index (χ3v) is 5.89. The number of aromatic nitrogens is 4. The molecule has 2 aromatic heterocycles. The van der Waals surface area contributed by atoms with E-state index in [1.807, 2.05) is 54.6 Å². The van der Waals surface area contributed by atoms with Gasteiger partial charge >= 0.3 is 0 Å². The van der Waals surface area contributed by atoms with E-state index >= 15 is 0 Å². The van der Waals surface area contributed by atoms with Crippen LogP contribution in [-0.4, -0.2) is 19.1 Å². The number of hydrogen-bond acceptors (Lipinski definition) is 2. The van der Waals surface area contributed by atoms with Crippen molar-refractivity contribution in [2.24, 2.45) is 14.1 Å². The van der Waals surface area contributed by atoms with Crippen LogP contribution >= 0.6 is 0 Å². The van der Waals surface area contributed by atoms with Gasteiger partial charge in [-0.3, -0.25) is 0 Å². The first-order valence-corrected chi connectivity index (χ1v) is 11.1. The molecule has 0 amide bonds. The first-order valence-electron chi connectivity index (χ1n) is 11.1. The van der Waals surface area contributed by atoms with E-state index in [1.165, 1.54) is 16.6 Å². The standard InChI is InChI=1S/C15H14N2.C14H12N2/c1-11-8-9-14-13(10-11)16-15(17(14)2)12-6-4-3-5-7-12;1-16-13-10-6-5-9-12(13)15-14(16)11-7-3-2-4-8-11/h3-10H,1-2H3;2-10H,1H3. The van der Waals surface area contributed by atoms with Crippen molar-refractivity contribution in [3.8, 4) is 22.8 Å². The molecule has 0 atom stereocenters. The topological polar surface area (TPSA) is 35.6 Å². The summed E-state index contributed by atoms with van der Waals surface area (Å²) < 4.78 is 4.27. The molecule has 6 rings (SSSR count). The highest BCUT2D eigenvalue weighted by Gasteiger charge is 2.09. The molecule has 0 unspecified atom stereocenters. The summed E-state index contributed by atoms with van der Waals surface area (Å²) >= 11 is 0. The zero-order valence-corrected chi connectivity index (χ0v) is 19.1. The zero-order valence-electron chi connectivity index (χ0n) is 19.1. The maximum Gasteiger partial charge on any atom is 0.140 e. The van der Waals surface area contributed by atoms with Gasteiger partial charge in [0, 0.05) is 25.2 Å². The Morgan fingerprint density at radius 2 is 1.00 bits per heavy atom. The minimum Gasteiger partial charge on any atom is -0.327 e. The molecule has 33 heavy (non-hydrogen) atoms. The summed E-state index contributed by atoms with van der Waals surface area (Å²) in [5.41, 5.74) is 8.01. The number of aryl methyl sites for hydroxylation is 3. The first-order chi connectivity index (χ1) is 16.1. The van der Waals surface area contributed by atoms with E-state index < -0.39 is 0 Å². The van der Waals surface area contributed by atoms with Crippen molar-refractivity contribution in [1.82, 2.24) is 19.1 Å². The molecule has 4 heteroatoms. The highest BCUT2D eigenvalue weighted by atomic mass is 15.1. The summed E-state index contributed by atoms with van der Waals surface area (Å²) in [5, 5.41) is 0. The molecule has 0 fully saturated rings. The van der Waals surface area contributed by atoms with Crippen LogP contribution in [0.25, 0.3) is 44.8 Å². The number of rotatable bonds is 2. The van der Waals surface area contributed by atoms with Crippen molar-refractivity contribution < 1.29 is 0 Å². The first kappa shape index (κ1) is 20.7. The van der Waals surface area contributed by atoms with E-state index in [0.29, 0.717) is 0 Å². The molecule has 6 aromatic rings. The Labute approximate surface area is 193 Å². The fourth-order valence-corrected chi connectivity index (χ4v) is 4.15. The lowest BCUT2D eigenvalue weighted by Crippen LogP contribution is -1.91. The predicted octanol–water partition coefficient (Wildman–Crippen LogP) is 6.79. The van der Waals surface area contributed by atoms with Crippen LogP contribution in [0.1, 0.15) is 5.56 Å². The molecule has 0 N–H and O–H groups in total. The average Bonchev–Trinajstić information content (AvgIpc) is 3.37. The molecule has 0 aliphatic carbocycles. The number of nitrogens with zero attached hydrogens (tertiary/aromatic N) is 4. The van der Waals surface area contributed by atoms with Crippen LogP contribution in [0.3, 0.4) is 0 Å². The molecule has 2 heterocycles. The molecule has 0 saturated heterocycles. The van der Waals surface area contributed by atoms with Crippen LogP contribution in [0.4, 0.5) is 0 Å². The van der Waals surface area contributed by atoms with Gasteiger partial charge in [0.05, 0.1) is 22.1 Å². The number of fused-ring (bicyclic) bond motifs is 2. The van der Waals surface area contributed by atoms with E-state index in [0.717, 1.165) is 33.8 Å². The van der Waals surface area contributed by atoms with Crippen LogP contribution in [0.15, 0.2) is 103 Å². The van der Waals surface area contributed by atoms with Crippen molar-refractivity contribution in [2.75, 3.05) is 0 Å². The molecule has 0 aliphatic rings. The van der Waals surface area contributed by atoms with E-state index in [4.69, 9.17) is 4.98 Å². The van der Waals surface area contributed by atoms with Gasteiger partial charge in [-0.1, -0.05) is 78.9 Å². The van der Waals surface area contributed by atoms with Crippen LogP contribution in [0.5, 0.6) is 0 Å². The molecule has 0 saturated carbocycles. The maximum atomic E-state index is 4.71. The summed E-state index contributed by atoms with van der Waals surface area (Å²) in [5.74, 6) is 2.04. The van der Waals surface area contributed by atoms with Gasteiger partial charge in [0.1, 0.15) is 11.6 Å².